The molecule has 3 unspecified atom stereocenters. The van der Waals surface area contributed by atoms with Crippen LogP contribution in [0.1, 0.15) is 25.1 Å². The lowest BCUT2D eigenvalue weighted by Gasteiger charge is -2.31. The molecule has 3 N–H and O–H groups in total. The van der Waals surface area contributed by atoms with E-state index in [0.717, 1.165) is 0 Å². The van der Waals surface area contributed by atoms with Crippen LogP contribution in [0.2, 0.25) is 0 Å². The van der Waals surface area contributed by atoms with Crippen molar-refractivity contribution in [2.45, 2.75) is 44.3 Å². The number of ether oxygens (including phenoxy) is 2. The number of rotatable bonds is 5. The van der Waals surface area contributed by atoms with Crippen molar-refractivity contribution in [1.82, 2.24) is 9.55 Å². The van der Waals surface area contributed by atoms with Gasteiger partial charge in [0, 0.05) is 18.9 Å². The molecule has 2 bridgehead atoms. The zero-order chi connectivity index (χ0) is 17.7. The molecular weight excluding hydrogens is 357 g/mol. The fourth-order valence-electron chi connectivity index (χ4n) is 3.05. The second kappa shape index (κ2) is 6.14. The minimum atomic E-state index is -3.41. The van der Waals surface area contributed by atoms with Crippen LogP contribution in [-0.4, -0.2) is 46.0 Å². The topological polar surface area (TPSA) is 118 Å². The minimum Gasteiger partial charge on any atom is -0.383 e. The number of aromatic nitrogens is 2. The van der Waals surface area contributed by atoms with Crippen LogP contribution in [0.4, 0.5) is 5.82 Å². The molecule has 0 saturated carbocycles. The van der Waals surface area contributed by atoms with E-state index in [2.05, 4.69) is 4.98 Å². The van der Waals surface area contributed by atoms with Gasteiger partial charge < -0.3 is 24.6 Å². The molecule has 2 saturated heterocycles. The third kappa shape index (κ3) is 2.82. The zero-order valence-corrected chi connectivity index (χ0v) is 15.3. The van der Waals surface area contributed by atoms with Crippen molar-refractivity contribution in [2.75, 3.05) is 19.5 Å². The van der Waals surface area contributed by atoms with E-state index in [0.29, 0.717) is 12.0 Å². The molecule has 1 aromatic heterocycles. The molecule has 5 atom stereocenters. The van der Waals surface area contributed by atoms with Crippen molar-refractivity contribution in [1.29, 1.82) is 0 Å². The van der Waals surface area contributed by atoms with Crippen LogP contribution in [0.25, 0.3) is 0 Å². The lowest BCUT2D eigenvalue weighted by Crippen LogP contribution is -2.41. The van der Waals surface area contributed by atoms with Crippen LogP contribution in [0.15, 0.2) is 11.0 Å². The Morgan fingerprint density at radius 3 is 3.00 bits per heavy atom. The maximum absolute atomic E-state index is 12.2. The molecule has 0 aliphatic carbocycles. The van der Waals surface area contributed by atoms with Gasteiger partial charge in [-0.25, -0.2) is 4.79 Å². The molecule has 3 heterocycles. The second-order valence-electron chi connectivity index (χ2n) is 5.88. The molecule has 9 nitrogen and oxygen atoms in total. The van der Waals surface area contributed by atoms with Crippen LogP contribution in [-0.2, 0) is 30.3 Å². The van der Waals surface area contributed by atoms with Gasteiger partial charge in [0.05, 0.1) is 6.61 Å². The van der Waals surface area contributed by atoms with E-state index in [-0.39, 0.29) is 12.4 Å². The summed E-state index contributed by atoms with van der Waals surface area (Å²) in [5.74, 6) is 0.170. The quantitative estimate of drug-likeness (QED) is 0.705. The SMILES string of the molecule is CC[C@]12COC(C1OP(O)(=S)OC)[C@H](n1cc(C)c(N)nc1=O)O2. The van der Waals surface area contributed by atoms with Gasteiger partial charge in [0.25, 0.3) is 0 Å². The van der Waals surface area contributed by atoms with Gasteiger partial charge in [-0.05, 0) is 25.2 Å². The van der Waals surface area contributed by atoms with E-state index < -0.39 is 36.4 Å². The van der Waals surface area contributed by atoms with E-state index in [1.165, 1.54) is 11.7 Å². The van der Waals surface area contributed by atoms with Crippen molar-refractivity contribution >= 4 is 24.3 Å². The first-order valence-electron chi connectivity index (χ1n) is 7.44. The van der Waals surface area contributed by atoms with Gasteiger partial charge >= 0.3 is 12.4 Å². The number of nitrogen functional groups attached to an aromatic ring is 1. The fourth-order valence-corrected chi connectivity index (χ4v) is 4.02. The molecule has 134 valence electrons. The first kappa shape index (κ1) is 17.9. The van der Waals surface area contributed by atoms with Crippen LogP contribution >= 0.6 is 6.72 Å². The van der Waals surface area contributed by atoms with Gasteiger partial charge in [-0.1, -0.05) is 6.92 Å². The van der Waals surface area contributed by atoms with Gasteiger partial charge in [0.1, 0.15) is 23.6 Å². The van der Waals surface area contributed by atoms with Crippen molar-refractivity contribution < 1.29 is 23.4 Å². The number of nitrogens with two attached hydrogens (primary N) is 1. The zero-order valence-electron chi connectivity index (χ0n) is 13.5. The lowest BCUT2D eigenvalue weighted by atomic mass is 9.96. The van der Waals surface area contributed by atoms with Crippen molar-refractivity contribution in [3.05, 3.63) is 22.2 Å². The summed E-state index contributed by atoms with van der Waals surface area (Å²) >= 11 is 4.95. The van der Waals surface area contributed by atoms with E-state index in [4.69, 9.17) is 36.1 Å². The first-order chi connectivity index (χ1) is 11.2. The standard InChI is InChI=1S/C13H20N3O6PS/c1-4-13-6-20-8(9(13)22-23(18,24)19-3)11(21-13)16-5-7(2)10(14)15-12(16)17/h5,8-9,11H,4,6H2,1-3H3,(H,18,24)(H2,14,15,17)/t8?,9?,11-,13+,23?/m1/s1. The average molecular weight is 377 g/mol. The predicted molar refractivity (Wildman–Crippen MR) is 88.9 cm³/mol. The molecule has 2 aliphatic heterocycles. The molecule has 24 heavy (non-hydrogen) atoms. The summed E-state index contributed by atoms with van der Waals surface area (Å²) in [4.78, 5) is 26.0. The molecule has 1 aromatic rings. The van der Waals surface area contributed by atoms with Gasteiger partial charge in [-0.2, -0.15) is 4.98 Å². The molecule has 2 fully saturated rings. The van der Waals surface area contributed by atoms with Gasteiger partial charge in [-0.15, -0.1) is 0 Å². The van der Waals surface area contributed by atoms with E-state index in [1.807, 2.05) is 6.92 Å². The molecular formula is C13H20N3O6PS. The Kier molecular flexibility index (Phi) is 4.59. The lowest BCUT2D eigenvalue weighted by molar-refractivity contribution is -0.175. The summed E-state index contributed by atoms with van der Waals surface area (Å²) in [7, 11) is 1.28. The maximum atomic E-state index is 12.2. The third-order valence-corrected chi connectivity index (χ3v) is 6.16. The number of fused-ring (bicyclic) bond motifs is 2. The average Bonchev–Trinajstić information content (AvgIpc) is 3.03. The predicted octanol–water partition coefficient (Wildman–Crippen LogP) is 0.459. The molecule has 3 rings (SSSR count). The number of aryl methyl sites for hydroxylation is 1. The molecule has 0 aromatic carbocycles. The smallest absolute Gasteiger partial charge is 0.351 e. The highest BCUT2D eigenvalue weighted by Crippen LogP contribution is 2.55. The fraction of sp³-hybridized carbons (Fsp3) is 0.692. The van der Waals surface area contributed by atoms with Crippen molar-refractivity contribution in [2.24, 2.45) is 0 Å². The Hall–Kier alpha value is -0.870. The van der Waals surface area contributed by atoms with Crippen LogP contribution < -0.4 is 11.4 Å². The number of hydrogen-bond donors (Lipinski definition) is 2. The highest BCUT2D eigenvalue weighted by Gasteiger charge is 2.63. The molecule has 0 spiro atoms. The van der Waals surface area contributed by atoms with Crippen LogP contribution in [0.3, 0.4) is 0 Å². The van der Waals surface area contributed by atoms with Crippen molar-refractivity contribution in [3.8, 4) is 0 Å². The van der Waals surface area contributed by atoms with Gasteiger partial charge in [0.2, 0.25) is 0 Å². The Bertz CT molecular complexity index is 758. The molecule has 11 heteroatoms. The summed E-state index contributed by atoms with van der Waals surface area (Å²) < 4.78 is 23.7. The number of nitrogens with zero attached hydrogens (tertiary/aromatic N) is 2. The second-order valence-corrected chi connectivity index (χ2v) is 8.78. The van der Waals surface area contributed by atoms with E-state index in [1.54, 1.807) is 13.1 Å². The van der Waals surface area contributed by atoms with Crippen LogP contribution in [0.5, 0.6) is 0 Å². The van der Waals surface area contributed by atoms with Gasteiger partial charge in [0.15, 0.2) is 6.23 Å². The molecule has 0 amide bonds. The van der Waals surface area contributed by atoms with E-state index >= 15 is 0 Å². The Balaban J connectivity index is 1.98. The van der Waals surface area contributed by atoms with Crippen LogP contribution in [0, 0.1) is 6.92 Å². The summed E-state index contributed by atoms with van der Waals surface area (Å²) in [6, 6.07) is 0. The first-order valence-corrected chi connectivity index (χ1v) is 10.0. The summed E-state index contributed by atoms with van der Waals surface area (Å²) in [5.41, 5.74) is 4.96. The Morgan fingerprint density at radius 2 is 2.38 bits per heavy atom. The Morgan fingerprint density at radius 1 is 1.67 bits per heavy atom. The normalized spacial score (nSPS) is 34.4. The summed E-state index contributed by atoms with van der Waals surface area (Å²) in [6.45, 7) is 0.527. The van der Waals surface area contributed by atoms with E-state index in [9.17, 15) is 9.69 Å². The largest absolute Gasteiger partial charge is 0.383 e. The van der Waals surface area contributed by atoms with Gasteiger partial charge in [-0.3, -0.25) is 9.09 Å². The highest BCUT2D eigenvalue weighted by molar-refractivity contribution is 8.07. The maximum Gasteiger partial charge on any atom is 0.351 e. The number of anilines is 1. The Labute approximate surface area is 143 Å². The monoisotopic (exact) mass is 377 g/mol. The summed E-state index contributed by atoms with van der Waals surface area (Å²) in [5, 5.41) is 0. The highest BCUT2D eigenvalue weighted by atomic mass is 32.5. The number of hydrogen-bond acceptors (Lipinski definition) is 8. The summed E-state index contributed by atoms with van der Waals surface area (Å²) in [6.07, 6.45) is 0.130. The third-order valence-electron chi connectivity index (χ3n) is 4.50. The molecule has 0 radical (unpaired) electrons. The molecule has 2 aliphatic rings. The van der Waals surface area contributed by atoms with Crippen molar-refractivity contribution in [3.63, 3.8) is 0 Å². The minimum absolute atomic E-state index is 0.170.